The van der Waals surface area contributed by atoms with E-state index in [2.05, 4.69) is 31.9 Å². The maximum absolute atomic E-state index is 9.56. The molecule has 0 saturated carbocycles. The lowest BCUT2D eigenvalue weighted by Crippen LogP contribution is -1.70. The Morgan fingerprint density at radius 2 is 1.43 bits per heavy atom. The molecule has 4 heteroatoms. The number of hydrogen-bond donors (Lipinski definition) is 0. The zero-order chi connectivity index (χ0) is 6.28. The van der Waals surface area contributed by atoms with E-state index >= 15 is 0 Å². The van der Waals surface area contributed by atoms with Crippen LogP contribution in [-0.4, -0.2) is 21.0 Å². The molecule has 46 valence electrons. The van der Waals surface area contributed by atoms with Crippen molar-refractivity contribution >= 4 is 42.7 Å². The van der Waals surface area contributed by atoms with E-state index in [1.54, 1.807) is 12.5 Å². The molecule has 0 aromatic carbocycles. The predicted molar refractivity (Wildman–Crippen MR) is 42.7 cm³/mol. The molecular formula is C3H8Br2OS. The van der Waals surface area contributed by atoms with Gasteiger partial charge in [-0.3, -0.25) is 4.21 Å². The molecule has 0 spiro atoms. The molecule has 0 atom stereocenters. The first-order chi connectivity index (χ1) is 3.15. The van der Waals surface area contributed by atoms with Crippen LogP contribution in [-0.2, 0) is 10.8 Å². The van der Waals surface area contributed by atoms with Crippen LogP contribution in [0.1, 0.15) is 0 Å². The topological polar surface area (TPSA) is 17.1 Å². The smallest absolute Gasteiger partial charge is 0.0588 e. The molecule has 0 unspecified atom stereocenters. The molecule has 0 heterocycles. The first kappa shape index (κ1) is 11.0. The Morgan fingerprint density at radius 1 is 1.43 bits per heavy atom. The predicted octanol–water partition coefficient (Wildman–Crippen LogP) is 1.73. The summed E-state index contributed by atoms with van der Waals surface area (Å²) in [7, 11) is -0.611. The van der Waals surface area contributed by atoms with Gasteiger partial charge in [-0.05, 0) is 0 Å². The van der Waals surface area contributed by atoms with Crippen molar-refractivity contribution in [3.63, 3.8) is 0 Å². The van der Waals surface area contributed by atoms with E-state index in [9.17, 15) is 4.21 Å². The fraction of sp³-hybridized carbons (Fsp3) is 1.00. The third kappa shape index (κ3) is 151. The van der Waals surface area contributed by atoms with E-state index in [0.29, 0.717) is 0 Å². The van der Waals surface area contributed by atoms with E-state index in [-0.39, 0.29) is 0 Å². The molecule has 0 aromatic rings. The second-order valence-corrected chi connectivity index (χ2v) is 4.95. The lowest BCUT2D eigenvalue weighted by atomic mass is 11.9. The Labute approximate surface area is 63.6 Å². The molecule has 0 aromatic heterocycles. The average Bonchev–Trinajstić information content (AvgIpc) is 1.33. The van der Waals surface area contributed by atoms with Gasteiger partial charge in [-0.1, -0.05) is 31.9 Å². The quantitative estimate of drug-likeness (QED) is 0.600. The summed E-state index contributed by atoms with van der Waals surface area (Å²) in [4.78, 5) is 0. The Bertz CT molecular complexity index is 44.2. The SMILES string of the molecule is BrCBr.CS(C)=O. The van der Waals surface area contributed by atoms with Crippen LogP contribution in [0.3, 0.4) is 0 Å². The minimum Gasteiger partial charge on any atom is -0.260 e. The van der Waals surface area contributed by atoms with Gasteiger partial charge in [0, 0.05) is 23.3 Å². The van der Waals surface area contributed by atoms with Gasteiger partial charge < -0.3 is 0 Å². The van der Waals surface area contributed by atoms with Crippen LogP contribution in [0.2, 0.25) is 0 Å². The van der Waals surface area contributed by atoms with Gasteiger partial charge in [-0.25, -0.2) is 0 Å². The highest BCUT2D eigenvalue weighted by Gasteiger charge is 1.57. The fourth-order valence-corrected chi connectivity index (χ4v) is 0. The lowest BCUT2D eigenvalue weighted by molar-refractivity contribution is 0.690. The van der Waals surface area contributed by atoms with E-state index in [1.165, 1.54) is 0 Å². The second-order valence-electron chi connectivity index (χ2n) is 0.843. The van der Waals surface area contributed by atoms with Crippen LogP contribution in [0.4, 0.5) is 0 Å². The summed E-state index contributed by atoms with van der Waals surface area (Å²) in [6.45, 7) is 0. The molecule has 0 saturated heterocycles. The van der Waals surface area contributed by atoms with Crippen molar-refractivity contribution in [3.05, 3.63) is 0 Å². The van der Waals surface area contributed by atoms with Gasteiger partial charge >= 0.3 is 0 Å². The summed E-state index contributed by atoms with van der Waals surface area (Å²) in [6.07, 6.45) is 3.28. The van der Waals surface area contributed by atoms with E-state index in [1.807, 2.05) is 0 Å². The maximum atomic E-state index is 9.56. The fourth-order valence-electron chi connectivity index (χ4n) is 0. The minimum absolute atomic E-state index is 0.611. The molecular weight excluding hydrogens is 244 g/mol. The van der Waals surface area contributed by atoms with Crippen LogP contribution in [0, 0.1) is 0 Å². The largest absolute Gasteiger partial charge is 0.260 e. The maximum Gasteiger partial charge on any atom is 0.0588 e. The first-order valence-corrected chi connectivity index (χ1v) is 5.73. The molecule has 0 N–H and O–H groups in total. The summed E-state index contributed by atoms with van der Waals surface area (Å²) in [5.74, 6) is 0. The van der Waals surface area contributed by atoms with Crippen molar-refractivity contribution in [2.75, 3.05) is 16.8 Å². The molecule has 0 rings (SSSR count). The monoisotopic (exact) mass is 250 g/mol. The number of alkyl halides is 2. The van der Waals surface area contributed by atoms with E-state index in [4.69, 9.17) is 0 Å². The van der Waals surface area contributed by atoms with Crippen LogP contribution < -0.4 is 0 Å². The van der Waals surface area contributed by atoms with Crippen molar-refractivity contribution in [2.24, 2.45) is 0 Å². The molecule has 0 amide bonds. The Kier molecular flexibility index (Phi) is 15.9. The zero-order valence-electron chi connectivity index (χ0n) is 4.28. The number of rotatable bonds is 0. The zero-order valence-corrected chi connectivity index (χ0v) is 8.27. The summed E-state index contributed by atoms with van der Waals surface area (Å²) < 4.78 is 10.4. The molecule has 0 aliphatic carbocycles. The molecule has 0 bridgehead atoms. The number of hydrogen-bond acceptors (Lipinski definition) is 1. The first-order valence-electron chi connectivity index (χ1n) is 1.52. The highest BCUT2D eigenvalue weighted by Crippen LogP contribution is 1.83. The highest BCUT2D eigenvalue weighted by molar-refractivity contribution is 9.24. The Morgan fingerprint density at radius 3 is 1.43 bits per heavy atom. The number of halogens is 2. The summed E-state index contributed by atoms with van der Waals surface area (Å²) >= 11 is 6.12. The summed E-state index contributed by atoms with van der Waals surface area (Å²) in [5.41, 5.74) is 0. The average molecular weight is 252 g/mol. The van der Waals surface area contributed by atoms with Crippen molar-refractivity contribution in [1.82, 2.24) is 0 Å². The minimum atomic E-state index is -0.611. The molecule has 0 aliphatic rings. The normalized spacial score (nSPS) is 7.57. The summed E-state index contributed by atoms with van der Waals surface area (Å²) in [6, 6.07) is 0. The van der Waals surface area contributed by atoms with Gasteiger partial charge in [-0.15, -0.1) is 0 Å². The standard InChI is InChI=1S/C2H6OS.CH2Br2/c1-4(2)3;2-1-3/h1-2H3;1H2. The highest BCUT2D eigenvalue weighted by atomic mass is 79.9. The van der Waals surface area contributed by atoms with Gasteiger partial charge in [0.1, 0.15) is 0 Å². The van der Waals surface area contributed by atoms with Crippen molar-refractivity contribution in [1.29, 1.82) is 0 Å². The summed E-state index contributed by atoms with van der Waals surface area (Å²) in [5, 5.41) is 0. The third-order valence-electron chi connectivity index (χ3n) is 0. The Hall–Kier alpha value is 1.11. The van der Waals surface area contributed by atoms with Crippen LogP contribution in [0.15, 0.2) is 0 Å². The molecule has 1 nitrogen and oxygen atoms in total. The van der Waals surface area contributed by atoms with Crippen molar-refractivity contribution in [2.45, 2.75) is 0 Å². The molecule has 7 heavy (non-hydrogen) atoms. The van der Waals surface area contributed by atoms with E-state index < -0.39 is 10.8 Å². The van der Waals surface area contributed by atoms with Crippen LogP contribution in [0.5, 0.6) is 0 Å². The van der Waals surface area contributed by atoms with Gasteiger partial charge in [0.2, 0.25) is 0 Å². The van der Waals surface area contributed by atoms with Gasteiger partial charge in [0.25, 0.3) is 0 Å². The van der Waals surface area contributed by atoms with Gasteiger partial charge in [0.05, 0.1) is 4.24 Å². The molecule has 0 fully saturated rings. The van der Waals surface area contributed by atoms with Crippen molar-refractivity contribution < 1.29 is 4.21 Å². The lowest BCUT2D eigenvalue weighted by Gasteiger charge is -1.60. The van der Waals surface area contributed by atoms with Crippen LogP contribution >= 0.6 is 31.9 Å². The van der Waals surface area contributed by atoms with Crippen molar-refractivity contribution in [3.8, 4) is 0 Å². The van der Waals surface area contributed by atoms with Gasteiger partial charge in [0.15, 0.2) is 0 Å². The third-order valence-corrected chi connectivity index (χ3v) is 0. The van der Waals surface area contributed by atoms with Gasteiger partial charge in [-0.2, -0.15) is 0 Å². The molecule has 0 aliphatic heterocycles. The second kappa shape index (κ2) is 10.2. The van der Waals surface area contributed by atoms with E-state index in [0.717, 1.165) is 4.24 Å². The molecule has 0 radical (unpaired) electrons. The Balaban J connectivity index is 0. The van der Waals surface area contributed by atoms with Crippen LogP contribution in [0.25, 0.3) is 0 Å².